The smallest absolute Gasteiger partial charge is 0.348 e. The molecular weight excluding hydrogens is 338 g/mol. The van der Waals surface area contributed by atoms with Crippen molar-refractivity contribution in [2.75, 3.05) is 4.90 Å². The molecule has 0 N–H and O–H groups in total. The highest BCUT2D eigenvalue weighted by Crippen LogP contribution is 2.33. The summed E-state index contributed by atoms with van der Waals surface area (Å²) in [6.45, 7) is 0.235. The van der Waals surface area contributed by atoms with Crippen LogP contribution in [0, 0.1) is 5.82 Å². The average molecular weight is 351 g/mol. The summed E-state index contributed by atoms with van der Waals surface area (Å²) in [5.41, 5.74) is 0.480. The first kappa shape index (κ1) is 15.8. The van der Waals surface area contributed by atoms with Gasteiger partial charge in [-0.3, -0.25) is 0 Å². The van der Waals surface area contributed by atoms with Gasteiger partial charge in [-0.05, 0) is 31.0 Å². The summed E-state index contributed by atoms with van der Waals surface area (Å²) < 4.78 is 53.7. The van der Waals surface area contributed by atoms with E-state index >= 15 is 0 Å². The number of fused-ring (bicyclic) bond motifs is 1. The van der Waals surface area contributed by atoms with E-state index < -0.39 is 12.0 Å². The lowest BCUT2D eigenvalue weighted by Gasteiger charge is -2.23. The molecule has 1 aromatic carbocycles. The molecule has 0 unspecified atom stereocenters. The molecule has 1 aliphatic rings. The van der Waals surface area contributed by atoms with Gasteiger partial charge in [-0.2, -0.15) is 17.7 Å². The van der Waals surface area contributed by atoms with Crippen LogP contribution in [0.4, 0.5) is 23.4 Å². The molecule has 2 aromatic heterocycles. The fourth-order valence-electron chi connectivity index (χ4n) is 2.70. The summed E-state index contributed by atoms with van der Waals surface area (Å²) in [5.74, 6) is -1.19. The number of halogens is 4. The number of alkyl halides is 3. The molecule has 1 fully saturated rings. The van der Waals surface area contributed by atoms with E-state index in [1.54, 1.807) is 24.3 Å². The quantitative estimate of drug-likeness (QED) is 0.676. The van der Waals surface area contributed by atoms with Gasteiger partial charge in [-0.25, -0.2) is 4.39 Å². The third kappa shape index (κ3) is 3.01. The minimum absolute atomic E-state index is 0.0118. The highest BCUT2D eigenvalue weighted by molar-refractivity contribution is 5.48. The third-order valence-corrected chi connectivity index (χ3v) is 4.08. The molecule has 25 heavy (non-hydrogen) atoms. The molecule has 0 radical (unpaired) electrons. The Labute approximate surface area is 139 Å². The summed E-state index contributed by atoms with van der Waals surface area (Å²) in [6.07, 6.45) is -2.87. The molecule has 0 bridgehead atoms. The molecule has 3 aromatic rings. The van der Waals surface area contributed by atoms with Crippen LogP contribution >= 0.6 is 0 Å². The summed E-state index contributed by atoms with van der Waals surface area (Å²) in [4.78, 5) is 1.82. The zero-order chi connectivity index (χ0) is 17.6. The van der Waals surface area contributed by atoms with Crippen molar-refractivity contribution in [3.63, 3.8) is 0 Å². The average Bonchev–Trinajstić information content (AvgIpc) is 3.30. The van der Waals surface area contributed by atoms with E-state index in [1.807, 2.05) is 4.90 Å². The summed E-state index contributed by atoms with van der Waals surface area (Å²) >= 11 is 0. The second-order valence-corrected chi connectivity index (χ2v) is 5.93. The van der Waals surface area contributed by atoms with Crippen LogP contribution in [0.3, 0.4) is 0 Å². The van der Waals surface area contributed by atoms with Crippen LogP contribution < -0.4 is 4.90 Å². The van der Waals surface area contributed by atoms with Crippen LogP contribution in [0.5, 0.6) is 0 Å². The third-order valence-electron chi connectivity index (χ3n) is 4.08. The summed E-state index contributed by atoms with van der Waals surface area (Å²) in [5, 5.41) is 10.7. The van der Waals surface area contributed by atoms with Crippen molar-refractivity contribution in [2.24, 2.45) is 0 Å². The minimum Gasteiger partial charge on any atom is -0.348 e. The van der Waals surface area contributed by atoms with Crippen molar-refractivity contribution in [3.05, 3.63) is 53.6 Å². The van der Waals surface area contributed by atoms with E-state index in [0.717, 1.165) is 12.8 Å². The van der Waals surface area contributed by atoms with Crippen LogP contribution in [0.1, 0.15) is 24.2 Å². The molecule has 0 spiro atoms. The molecular formula is C16H13F4N5. The Hall–Kier alpha value is -2.71. The Balaban J connectivity index is 1.74. The van der Waals surface area contributed by atoms with Crippen molar-refractivity contribution < 1.29 is 17.6 Å². The van der Waals surface area contributed by atoms with Gasteiger partial charge in [0, 0.05) is 18.2 Å². The normalized spacial score (nSPS) is 14.9. The first-order valence-electron chi connectivity index (χ1n) is 7.73. The molecule has 9 heteroatoms. The van der Waals surface area contributed by atoms with Gasteiger partial charge in [0.1, 0.15) is 11.6 Å². The van der Waals surface area contributed by atoms with Crippen LogP contribution in [0.2, 0.25) is 0 Å². The fourth-order valence-corrected chi connectivity index (χ4v) is 2.70. The highest BCUT2D eigenvalue weighted by Gasteiger charge is 2.38. The molecule has 0 amide bonds. The largest absolute Gasteiger partial charge is 0.453 e. The maximum absolute atomic E-state index is 14.0. The van der Waals surface area contributed by atoms with Gasteiger partial charge in [-0.15, -0.1) is 15.3 Å². The van der Waals surface area contributed by atoms with Gasteiger partial charge in [0.15, 0.2) is 5.65 Å². The number of aromatic nitrogens is 4. The van der Waals surface area contributed by atoms with Crippen LogP contribution in [0.15, 0.2) is 36.4 Å². The van der Waals surface area contributed by atoms with Crippen molar-refractivity contribution in [1.82, 2.24) is 19.8 Å². The molecule has 0 atom stereocenters. The Morgan fingerprint density at radius 1 is 1.08 bits per heavy atom. The zero-order valence-corrected chi connectivity index (χ0v) is 12.9. The van der Waals surface area contributed by atoms with Crippen LogP contribution in [0.25, 0.3) is 5.65 Å². The first-order valence-corrected chi connectivity index (χ1v) is 7.73. The van der Waals surface area contributed by atoms with E-state index in [1.165, 1.54) is 12.1 Å². The van der Waals surface area contributed by atoms with E-state index in [4.69, 9.17) is 0 Å². The van der Waals surface area contributed by atoms with E-state index in [9.17, 15) is 17.6 Å². The number of rotatable bonds is 4. The monoisotopic (exact) mass is 351 g/mol. The maximum atomic E-state index is 14.0. The Kier molecular flexibility index (Phi) is 3.59. The number of anilines is 1. The lowest BCUT2D eigenvalue weighted by Crippen LogP contribution is -2.27. The molecule has 1 saturated carbocycles. The van der Waals surface area contributed by atoms with Crippen molar-refractivity contribution >= 4 is 11.5 Å². The molecule has 1 aliphatic carbocycles. The van der Waals surface area contributed by atoms with E-state index in [0.29, 0.717) is 15.9 Å². The zero-order valence-electron chi connectivity index (χ0n) is 12.9. The SMILES string of the molecule is Fc1ccccc1CN(c1ccc2nnc(C(F)(F)F)n2n1)C1CC1. The van der Waals surface area contributed by atoms with Gasteiger partial charge in [-0.1, -0.05) is 18.2 Å². The predicted octanol–water partition coefficient (Wildman–Crippen LogP) is 3.45. The van der Waals surface area contributed by atoms with Crippen molar-refractivity contribution in [2.45, 2.75) is 31.6 Å². The first-order chi connectivity index (χ1) is 11.9. The summed E-state index contributed by atoms with van der Waals surface area (Å²) in [6, 6.07) is 9.49. The van der Waals surface area contributed by atoms with Gasteiger partial charge < -0.3 is 4.90 Å². The predicted molar refractivity (Wildman–Crippen MR) is 81.4 cm³/mol. The highest BCUT2D eigenvalue weighted by atomic mass is 19.4. The summed E-state index contributed by atoms with van der Waals surface area (Å²) in [7, 11) is 0. The number of nitrogens with zero attached hydrogens (tertiary/aromatic N) is 5. The topological polar surface area (TPSA) is 46.3 Å². The second kappa shape index (κ2) is 5.68. The van der Waals surface area contributed by atoms with Gasteiger partial charge >= 0.3 is 6.18 Å². The standard InChI is InChI=1S/C16H13F4N5/c17-12-4-2-1-3-10(12)9-24(11-5-6-11)14-8-7-13-21-22-15(16(18,19)20)25(13)23-14/h1-4,7-8,11H,5-6,9H2. The van der Waals surface area contributed by atoms with Crippen LogP contribution in [-0.4, -0.2) is 25.9 Å². The van der Waals surface area contributed by atoms with Crippen LogP contribution in [-0.2, 0) is 12.7 Å². The van der Waals surface area contributed by atoms with Gasteiger partial charge in [0.25, 0.3) is 5.82 Å². The van der Waals surface area contributed by atoms with E-state index in [-0.39, 0.29) is 24.1 Å². The number of hydrogen-bond donors (Lipinski definition) is 0. The van der Waals surface area contributed by atoms with Crippen molar-refractivity contribution in [3.8, 4) is 0 Å². The van der Waals surface area contributed by atoms with E-state index in [2.05, 4.69) is 15.3 Å². The molecule has 2 heterocycles. The Bertz CT molecular complexity index is 916. The van der Waals surface area contributed by atoms with Crippen molar-refractivity contribution in [1.29, 1.82) is 0 Å². The lowest BCUT2D eigenvalue weighted by atomic mass is 10.2. The van der Waals surface area contributed by atoms with Gasteiger partial charge in [0.05, 0.1) is 0 Å². The maximum Gasteiger partial charge on any atom is 0.453 e. The molecule has 5 nitrogen and oxygen atoms in total. The Morgan fingerprint density at radius 3 is 2.52 bits per heavy atom. The Morgan fingerprint density at radius 2 is 1.84 bits per heavy atom. The molecule has 0 saturated heterocycles. The lowest BCUT2D eigenvalue weighted by molar-refractivity contribution is -0.146. The molecule has 130 valence electrons. The van der Waals surface area contributed by atoms with Gasteiger partial charge in [0.2, 0.25) is 0 Å². The molecule has 0 aliphatic heterocycles. The second-order valence-electron chi connectivity index (χ2n) is 5.93. The number of benzene rings is 1. The molecule has 4 rings (SSSR count). The fraction of sp³-hybridized carbons (Fsp3) is 0.312. The minimum atomic E-state index is -4.65. The number of hydrogen-bond acceptors (Lipinski definition) is 4.